The molecule has 0 aliphatic heterocycles. The zero-order valence-corrected chi connectivity index (χ0v) is 12.9. The third kappa shape index (κ3) is 2.76. The standard InChI is InChI=1S/C16H12ClNO5/c1-16(7-18)10-3-2-8(17)6-9(10)14(22)13(15(16)23)11(19)4-5-12(20)21/h2-3,6,13H,4-5H2,1H3,(H,20,21). The molecular formula is C16H12ClNO5. The maximum Gasteiger partial charge on any atom is 0.303 e. The van der Waals surface area contributed by atoms with Gasteiger partial charge in [-0.1, -0.05) is 17.7 Å². The Balaban J connectivity index is 2.54. The second-order valence-corrected chi connectivity index (χ2v) is 5.88. The van der Waals surface area contributed by atoms with Gasteiger partial charge in [-0.25, -0.2) is 0 Å². The van der Waals surface area contributed by atoms with E-state index in [0.29, 0.717) is 0 Å². The summed E-state index contributed by atoms with van der Waals surface area (Å²) < 4.78 is 0. The lowest BCUT2D eigenvalue weighted by molar-refractivity contribution is -0.140. The van der Waals surface area contributed by atoms with Gasteiger partial charge in [-0.05, 0) is 24.6 Å². The number of rotatable bonds is 4. The molecule has 2 unspecified atom stereocenters. The first-order valence-electron chi connectivity index (χ1n) is 6.76. The van der Waals surface area contributed by atoms with E-state index in [4.69, 9.17) is 16.7 Å². The van der Waals surface area contributed by atoms with Gasteiger partial charge in [0.05, 0.1) is 12.5 Å². The van der Waals surface area contributed by atoms with Gasteiger partial charge >= 0.3 is 5.97 Å². The number of hydrogen-bond donors (Lipinski definition) is 1. The number of ketones is 3. The number of halogens is 1. The Morgan fingerprint density at radius 2 is 2.00 bits per heavy atom. The summed E-state index contributed by atoms with van der Waals surface area (Å²) in [6.07, 6.45) is -0.934. The molecular weight excluding hydrogens is 322 g/mol. The molecule has 0 bridgehead atoms. The van der Waals surface area contributed by atoms with Crippen molar-refractivity contribution < 1.29 is 24.3 Å². The number of carbonyl (C=O) groups excluding carboxylic acids is 3. The number of benzene rings is 1. The lowest BCUT2D eigenvalue weighted by atomic mass is 9.65. The highest BCUT2D eigenvalue weighted by Gasteiger charge is 2.51. The predicted molar refractivity (Wildman–Crippen MR) is 79.1 cm³/mol. The van der Waals surface area contributed by atoms with Crippen LogP contribution in [0.3, 0.4) is 0 Å². The van der Waals surface area contributed by atoms with Gasteiger partial charge in [0, 0.05) is 17.0 Å². The molecule has 1 aromatic rings. The lowest BCUT2D eigenvalue weighted by Crippen LogP contribution is -2.48. The molecule has 0 radical (unpaired) electrons. The summed E-state index contributed by atoms with van der Waals surface area (Å²) in [4.78, 5) is 47.8. The van der Waals surface area contributed by atoms with Crippen molar-refractivity contribution in [3.05, 3.63) is 34.3 Å². The summed E-state index contributed by atoms with van der Waals surface area (Å²) in [6.45, 7) is 1.34. The molecule has 1 aromatic carbocycles. The Kier molecular flexibility index (Phi) is 4.35. The van der Waals surface area contributed by atoms with Gasteiger partial charge in [-0.3, -0.25) is 19.2 Å². The molecule has 7 heteroatoms. The summed E-state index contributed by atoms with van der Waals surface area (Å²) in [5.74, 6) is -5.23. The minimum Gasteiger partial charge on any atom is -0.481 e. The number of fused-ring (bicyclic) bond motifs is 1. The van der Waals surface area contributed by atoms with E-state index in [1.54, 1.807) is 0 Å². The van der Waals surface area contributed by atoms with Crippen molar-refractivity contribution in [1.82, 2.24) is 0 Å². The van der Waals surface area contributed by atoms with Crippen molar-refractivity contribution in [3.8, 4) is 6.07 Å². The first-order valence-corrected chi connectivity index (χ1v) is 7.14. The molecule has 2 atom stereocenters. The molecule has 2 rings (SSSR count). The fraction of sp³-hybridized carbons (Fsp3) is 0.312. The van der Waals surface area contributed by atoms with Crippen LogP contribution < -0.4 is 0 Å². The van der Waals surface area contributed by atoms with Crippen LogP contribution in [0.4, 0.5) is 0 Å². The number of carboxylic acid groups (broad SMARTS) is 1. The topological polar surface area (TPSA) is 112 Å². The molecule has 0 saturated carbocycles. The quantitative estimate of drug-likeness (QED) is 0.842. The molecule has 0 fully saturated rings. The van der Waals surface area contributed by atoms with Crippen LogP contribution in [0.1, 0.15) is 35.7 Å². The molecule has 118 valence electrons. The molecule has 1 aliphatic rings. The zero-order valence-electron chi connectivity index (χ0n) is 12.1. The number of nitrogens with zero attached hydrogens (tertiary/aromatic N) is 1. The number of nitriles is 1. The van der Waals surface area contributed by atoms with Gasteiger partial charge in [0.2, 0.25) is 0 Å². The van der Waals surface area contributed by atoms with Crippen molar-refractivity contribution in [2.45, 2.75) is 25.2 Å². The van der Waals surface area contributed by atoms with E-state index in [-0.39, 0.29) is 16.1 Å². The van der Waals surface area contributed by atoms with Crippen LogP contribution in [0.15, 0.2) is 18.2 Å². The first-order chi connectivity index (χ1) is 10.7. The zero-order chi connectivity index (χ0) is 17.4. The van der Waals surface area contributed by atoms with Gasteiger partial charge < -0.3 is 5.11 Å². The largest absolute Gasteiger partial charge is 0.481 e. The number of aliphatic carboxylic acids is 1. The Hall–Kier alpha value is -2.52. The summed E-state index contributed by atoms with van der Waals surface area (Å²) in [7, 11) is 0. The average Bonchev–Trinajstić information content (AvgIpc) is 2.50. The van der Waals surface area contributed by atoms with E-state index in [9.17, 15) is 24.4 Å². The van der Waals surface area contributed by atoms with E-state index in [1.165, 1.54) is 25.1 Å². The molecule has 1 aliphatic carbocycles. The normalized spacial score (nSPS) is 23.1. The van der Waals surface area contributed by atoms with E-state index in [2.05, 4.69) is 0 Å². The van der Waals surface area contributed by atoms with Gasteiger partial charge in [-0.2, -0.15) is 5.26 Å². The van der Waals surface area contributed by atoms with Crippen molar-refractivity contribution >= 4 is 34.9 Å². The Bertz CT molecular complexity index is 779. The van der Waals surface area contributed by atoms with Crippen LogP contribution in [-0.2, 0) is 19.8 Å². The Labute approximate surface area is 136 Å². The van der Waals surface area contributed by atoms with Crippen molar-refractivity contribution in [1.29, 1.82) is 5.26 Å². The second-order valence-electron chi connectivity index (χ2n) is 5.45. The van der Waals surface area contributed by atoms with Crippen molar-refractivity contribution in [2.75, 3.05) is 0 Å². The summed E-state index contributed by atoms with van der Waals surface area (Å²) in [5, 5.41) is 18.3. The minimum atomic E-state index is -1.66. The Morgan fingerprint density at radius 1 is 1.35 bits per heavy atom. The monoisotopic (exact) mass is 333 g/mol. The highest BCUT2D eigenvalue weighted by Crippen LogP contribution is 2.38. The van der Waals surface area contributed by atoms with Crippen LogP contribution in [0.5, 0.6) is 0 Å². The highest BCUT2D eigenvalue weighted by molar-refractivity contribution is 6.33. The molecule has 0 heterocycles. The van der Waals surface area contributed by atoms with Crippen LogP contribution >= 0.6 is 11.6 Å². The van der Waals surface area contributed by atoms with Crippen molar-refractivity contribution in [3.63, 3.8) is 0 Å². The maximum atomic E-state index is 12.6. The van der Waals surface area contributed by atoms with Crippen LogP contribution in [0.2, 0.25) is 5.02 Å². The van der Waals surface area contributed by atoms with Crippen LogP contribution in [-0.4, -0.2) is 28.4 Å². The van der Waals surface area contributed by atoms with Crippen LogP contribution in [0.25, 0.3) is 0 Å². The second kappa shape index (κ2) is 5.94. The van der Waals surface area contributed by atoms with Crippen LogP contribution in [0, 0.1) is 17.2 Å². The van der Waals surface area contributed by atoms with E-state index in [1.807, 2.05) is 6.07 Å². The van der Waals surface area contributed by atoms with Gasteiger partial charge in [0.15, 0.2) is 17.3 Å². The first kappa shape index (κ1) is 16.8. The van der Waals surface area contributed by atoms with Gasteiger partial charge in [0.25, 0.3) is 0 Å². The summed E-state index contributed by atoms with van der Waals surface area (Å²) >= 11 is 5.86. The third-order valence-corrected chi connectivity index (χ3v) is 4.17. The number of Topliss-reactive ketones (excluding diaryl/α,β-unsaturated/α-hetero) is 3. The average molecular weight is 334 g/mol. The smallest absolute Gasteiger partial charge is 0.303 e. The molecule has 0 spiro atoms. The molecule has 6 nitrogen and oxygen atoms in total. The molecule has 1 N–H and O–H groups in total. The molecule has 23 heavy (non-hydrogen) atoms. The fourth-order valence-corrected chi connectivity index (χ4v) is 2.81. The lowest BCUT2D eigenvalue weighted by Gasteiger charge is -2.32. The van der Waals surface area contributed by atoms with E-state index < -0.39 is 47.5 Å². The van der Waals surface area contributed by atoms with E-state index in [0.717, 1.165) is 0 Å². The molecule has 0 aromatic heterocycles. The van der Waals surface area contributed by atoms with Crippen molar-refractivity contribution in [2.24, 2.45) is 5.92 Å². The number of carbonyl (C=O) groups is 4. The maximum absolute atomic E-state index is 12.6. The molecule has 0 amide bonds. The van der Waals surface area contributed by atoms with E-state index >= 15 is 0 Å². The van der Waals surface area contributed by atoms with Gasteiger partial charge in [-0.15, -0.1) is 0 Å². The predicted octanol–water partition coefficient (Wildman–Crippen LogP) is 1.94. The summed E-state index contributed by atoms with van der Waals surface area (Å²) in [5.41, 5.74) is -1.39. The van der Waals surface area contributed by atoms with Gasteiger partial charge in [0.1, 0.15) is 11.3 Å². The Morgan fingerprint density at radius 3 is 2.57 bits per heavy atom. The fourth-order valence-electron chi connectivity index (χ4n) is 2.63. The number of carboxylic acids is 1. The SMILES string of the molecule is CC1(C#N)C(=O)C(C(=O)CCC(=O)O)C(=O)c2cc(Cl)ccc21. The highest BCUT2D eigenvalue weighted by atomic mass is 35.5. The summed E-state index contributed by atoms with van der Waals surface area (Å²) in [6, 6.07) is 6.07. The number of hydrogen-bond acceptors (Lipinski definition) is 5. The molecule has 0 saturated heterocycles. The minimum absolute atomic E-state index is 0.0508. The third-order valence-electron chi connectivity index (χ3n) is 3.93.